The lowest BCUT2D eigenvalue weighted by molar-refractivity contribution is 0.244. The molecule has 110 valence electrons. The molecule has 21 heavy (non-hydrogen) atoms. The van der Waals surface area contributed by atoms with Crippen molar-refractivity contribution in [2.24, 2.45) is 0 Å². The maximum atomic E-state index is 12.1. The van der Waals surface area contributed by atoms with Gasteiger partial charge in [0.05, 0.1) is 5.69 Å². The minimum Gasteiger partial charge on any atom is -0.345 e. The minimum atomic E-state index is -0.138. The maximum Gasteiger partial charge on any atom is 0.319 e. The van der Waals surface area contributed by atoms with Gasteiger partial charge >= 0.3 is 6.03 Å². The van der Waals surface area contributed by atoms with Crippen LogP contribution in [0.15, 0.2) is 36.7 Å². The van der Waals surface area contributed by atoms with E-state index < -0.39 is 0 Å². The molecule has 1 aliphatic carbocycles. The Labute approximate surface area is 124 Å². The fourth-order valence-electron chi connectivity index (χ4n) is 2.80. The third-order valence-corrected chi connectivity index (χ3v) is 3.87. The Morgan fingerprint density at radius 2 is 2.00 bits per heavy atom. The molecular weight excluding hydrogens is 264 g/mol. The number of imidazole rings is 1. The highest BCUT2D eigenvalue weighted by Crippen LogP contribution is 2.24. The molecular formula is C16H20N4O. The summed E-state index contributed by atoms with van der Waals surface area (Å²) in [5.41, 5.74) is 1.65. The number of nitrogens with zero attached hydrogens (tertiary/aromatic N) is 1. The van der Waals surface area contributed by atoms with E-state index in [-0.39, 0.29) is 6.03 Å². The third-order valence-electron chi connectivity index (χ3n) is 3.87. The van der Waals surface area contributed by atoms with Crippen LogP contribution in [-0.2, 0) is 0 Å². The van der Waals surface area contributed by atoms with Crippen molar-refractivity contribution in [3.63, 3.8) is 0 Å². The molecule has 3 N–H and O–H groups in total. The van der Waals surface area contributed by atoms with Crippen LogP contribution < -0.4 is 10.6 Å². The van der Waals surface area contributed by atoms with Gasteiger partial charge in [0.25, 0.3) is 0 Å². The van der Waals surface area contributed by atoms with Gasteiger partial charge < -0.3 is 15.6 Å². The first-order chi connectivity index (χ1) is 10.3. The zero-order valence-electron chi connectivity index (χ0n) is 11.9. The molecule has 1 aromatic carbocycles. The molecule has 0 unspecified atom stereocenters. The highest BCUT2D eigenvalue weighted by molar-refractivity contribution is 5.93. The zero-order valence-corrected chi connectivity index (χ0v) is 11.9. The Morgan fingerprint density at radius 3 is 2.76 bits per heavy atom. The highest BCUT2D eigenvalue weighted by Gasteiger charge is 2.16. The Morgan fingerprint density at radius 1 is 1.19 bits per heavy atom. The molecule has 2 amide bonds. The predicted octanol–water partition coefficient (Wildman–Crippen LogP) is 3.53. The summed E-state index contributed by atoms with van der Waals surface area (Å²) in [7, 11) is 0. The normalized spacial score (nSPS) is 15.6. The molecule has 1 saturated carbocycles. The first kappa shape index (κ1) is 13.7. The molecule has 2 aromatic rings. The summed E-state index contributed by atoms with van der Waals surface area (Å²) in [5.74, 6) is 0.753. The van der Waals surface area contributed by atoms with E-state index in [4.69, 9.17) is 0 Å². The lowest BCUT2D eigenvalue weighted by Gasteiger charge is -2.23. The largest absolute Gasteiger partial charge is 0.345 e. The number of urea groups is 1. The van der Waals surface area contributed by atoms with E-state index >= 15 is 0 Å². The fraction of sp³-hybridized carbons (Fsp3) is 0.375. The van der Waals surface area contributed by atoms with Gasteiger partial charge in [-0.1, -0.05) is 31.4 Å². The van der Waals surface area contributed by atoms with E-state index in [1.165, 1.54) is 19.3 Å². The summed E-state index contributed by atoms with van der Waals surface area (Å²) in [4.78, 5) is 19.5. The first-order valence-electron chi connectivity index (χ1n) is 7.49. The van der Waals surface area contributed by atoms with Gasteiger partial charge in [-0.15, -0.1) is 0 Å². The number of nitrogens with one attached hydrogen (secondary N) is 3. The number of aromatic amines is 1. The highest BCUT2D eigenvalue weighted by atomic mass is 16.2. The van der Waals surface area contributed by atoms with Crippen LogP contribution in [0.2, 0.25) is 0 Å². The molecule has 5 heteroatoms. The van der Waals surface area contributed by atoms with Crippen molar-refractivity contribution >= 4 is 11.7 Å². The summed E-state index contributed by atoms with van der Waals surface area (Å²) in [6.45, 7) is 0. The van der Waals surface area contributed by atoms with Crippen LogP contribution in [0.5, 0.6) is 0 Å². The van der Waals surface area contributed by atoms with Crippen LogP contribution in [-0.4, -0.2) is 22.0 Å². The molecule has 1 heterocycles. The molecule has 0 aliphatic heterocycles. The number of para-hydroxylation sites is 1. The molecule has 5 nitrogen and oxygen atoms in total. The van der Waals surface area contributed by atoms with E-state index in [1.54, 1.807) is 12.4 Å². The van der Waals surface area contributed by atoms with Crippen molar-refractivity contribution in [1.29, 1.82) is 0 Å². The molecule has 0 radical (unpaired) electrons. The average molecular weight is 284 g/mol. The van der Waals surface area contributed by atoms with Crippen molar-refractivity contribution < 1.29 is 4.79 Å². The molecule has 0 bridgehead atoms. The SMILES string of the molecule is O=C(Nc1ccccc1-c1ncc[nH]1)NC1CCCCC1. The Bertz CT molecular complexity index is 588. The average Bonchev–Trinajstić information content (AvgIpc) is 3.03. The van der Waals surface area contributed by atoms with Gasteiger partial charge in [0.2, 0.25) is 0 Å². The standard InChI is InChI=1S/C16H20N4O/c21-16(19-12-6-2-1-3-7-12)20-14-9-5-4-8-13(14)15-17-10-11-18-15/h4-5,8-12H,1-3,6-7H2,(H,17,18)(H2,19,20,21). The monoisotopic (exact) mass is 284 g/mol. The summed E-state index contributed by atoms with van der Waals surface area (Å²) in [6, 6.07) is 7.83. The number of carbonyl (C=O) groups excluding carboxylic acids is 1. The maximum absolute atomic E-state index is 12.1. The number of amides is 2. The Hall–Kier alpha value is -2.30. The van der Waals surface area contributed by atoms with Crippen LogP contribution in [0.1, 0.15) is 32.1 Å². The first-order valence-corrected chi connectivity index (χ1v) is 7.49. The van der Waals surface area contributed by atoms with Crippen LogP contribution in [0.3, 0.4) is 0 Å². The zero-order chi connectivity index (χ0) is 14.5. The number of anilines is 1. The molecule has 1 fully saturated rings. The summed E-state index contributed by atoms with van der Waals surface area (Å²) >= 11 is 0. The number of rotatable bonds is 3. The van der Waals surface area contributed by atoms with Gasteiger partial charge in [0, 0.05) is 24.0 Å². The van der Waals surface area contributed by atoms with E-state index in [1.807, 2.05) is 24.3 Å². The van der Waals surface area contributed by atoms with Gasteiger partial charge in [0.1, 0.15) is 5.82 Å². The number of carbonyl (C=O) groups is 1. The van der Waals surface area contributed by atoms with Crippen LogP contribution in [0.25, 0.3) is 11.4 Å². The summed E-state index contributed by atoms with van der Waals surface area (Å²) in [6.07, 6.45) is 9.31. The van der Waals surface area contributed by atoms with Crippen molar-refractivity contribution in [2.75, 3.05) is 5.32 Å². The third kappa shape index (κ3) is 3.42. The van der Waals surface area contributed by atoms with Crippen LogP contribution in [0, 0.1) is 0 Å². The summed E-state index contributed by atoms with van der Waals surface area (Å²) in [5, 5.41) is 6.00. The molecule has 1 aliphatic rings. The van der Waals surface area contributed by atoms with Crippen molar-refractivity contribution in [3.05, 3.63) is 36.7 Å². The second-order valence-corrected chi connectivity index (χ2v) is 5.42. The van der Waals surface area contributed by atoms with Gasteiger partial charge in [-0.05, 0) is 25.0 Å². The minimum absolute atomic E-state index is 0.138. The van der Waals surface area contributed by atoms with Gasteiger partial charge in [-0.25, -0.2) is 9.78 Å². The molecule has 1 aromatic heterocycles. The lowest BCUT2D eigenvalue weighted by Crippen LogP contribution is -2.39. The number of hydrogen-bond acceptors (Lipinski definition) is 2. The number of hydrogen-bond donors (Lipinski definition) is 3. The van der Waals surface area contributed by atoms with E-state index in [9.17, 15) is 4.79 Å². The van der Waals surface area contributed by atoms with E-state index in [0.717, 1.165) is 29.9 Å². The Balaban J connectivity index is 1.68. The molecule has 0 atom stereocenters. The molecule has 0 spiro atoms. The summed E-state index contributed by atoms with van der Waals surface area (Å²) < 4.78 is 0. The van der Waals surface area contributed by atoms with Crippen molar-refractivity contribution in [3.8, 4) is 11.4 Å². The smallest absolute Gasteiger partial charge is 0.319 e. The Kier molecular flexibility index (Phi) is 4.19. The molecule has 3 rings (SSSR count). The second kappa shape index (κ2) is 6.43. The fourth-order valence-corrected chi connectivity index (χ4v) is 2.80. The molecule has 0 saturated heterocycles. The number of H-pyrrole nitrogens is 1. The van der Waals surface area contributed by atoms with Gasteiger partial charge in [-0.2, -0.15) is 0 Å². The lowest BCUT2D eigenvalue weighted by atomic mass is 9.96. The van der Waals surface area contributed by atoms with Crippen molar-refractivity contribution in [2.45, 2.75) is 38.1 Å². The van der Waals surface area contributed by atoms with Crippen LogP contribution >= 0.6 is 0 Å². The topological polar surface area (TPSA) is 69.8 Å². The second-order valence-electron chi connectivity index (χ2n) is 5.42. The predicted molar refractivity (Wildman–Crippen MR) is 83.1 cm³/mol. The number of benzene rings is 1. The quantitative estimate of drug-likeness (QED) is 0.807. The van der Waals surface area contributed by atoms with Crippen molar-refractivity contribution in [1.82, 2.24) is 15.3 Å². The van der Waals surface area contributed by atoms with Gasteiger partial charge in [0.15, 0.2) is 0 Å². The van der Waals surface area contributed by atoms with Gasteiger partial charge in [-0.3, -0.25) is 0 Å². The van der Waals surface area contributed by atoms with E-state index in [0.29, 0.717) is 6.04 Å². The van der Waals surface area contributed by atoms with Crippen LogP contribution in [0.4, 0.5) is 10.5 Å². The van der Waals surface area contributed by atoms with E-state index in [2.05, 4.69) is 20.6 Å². The number of aromatic nitrogens is 2.